The SMILES string of the molecule is CCCCc1nc2cc(-c3ccccn3)c(C(OCC)OCC)nc2n1Cc1ccc(-c2ccccc2-c2nn[nH]n2)cc1. The van der Waals surface area contributed by atoms with Gasteiger partial charge in [-0.25, -0.2) is 9.97 Å². The molecule has 44 heavy (non-hydrogen) atoms. The smallest absolute Gasteiger partial charge is 0.205 e. The Morgan fingerprint density at radius 1 is 0.841 bits per heavy atom. The van der Waals surface area contributed by atoms with Crippen LogP contribution < -0.4 is 0 Å². The lowest BCUT2D eigenvalue weighted by Gasteiger charge is -2.19. The molecular formula is C34H36N8O2. The minimum atomic E-state index is -0.618. The lowest BCUT2D eigenvalue weighted by atomic mass is 9.98. The Morgan fingerprint density at radius 3 is 2.30 bits per heavy atom. The van der Waals surface area contributed by atoms with Gasteiger partial charge < -0.3 is 14.0 Å². The highest BCUT2D eigenvalue weighted by Crippen LogP contribution is 2.33. The van der Waals surface area contributed by atoms with Crippen LogP contribution in [0.4, 0.5) is 0 Å². The van der Waals surface area contributed by atoms with Crippen molar-refractivity contribution in [1.29, 1.82) is 0 Å². The van der Waals surface area contributed by atoms with E-state index in [1.807, 2.05) is 50.2 Å². The van der Waals surface area contributed by atoms with Crippen LogP contribution in [0.3, 0.4) is 0 Å². The third-order valence-electron chi connectivity index (χ3n) is 7.50. The van der Waals surface area contributed by atoms with Crippen LogP contribution >= 0.6 is 0 Å². The van der Waals surface area contributed by atoms with Gasteiger partial charge in [0.05, 0.1) is 12.2 Å². The number of aromatic nitrogens is 8. The van der Waals surface area contributed by atoms with Crippen molar-refractivity contribution in [3.05, 3.63) is 96.1 Å². The van der Waals surface area contributed by atoms with E-state index in [9.17, 15) is 0 Å². The van der Waals surface area contributed by atoms with Crippen molar-refractivity contribution in [2.24, 2.45) is 0 Å². The summed E-state index contributed by atoms with van der Waals surface area (Å²) in [7, 11) is 0. The maximum Gasteiger partial charge on any atom is 0.205 e. The molecule has 0 atom stereocenters. The van der Waals surface area contributed by atoms with Crippen LogP contribution in [-0.2, 0) is 22.4 Å². The van der Waals surface area contributed by atoms with Gasteiger partial charge in [-0.2, -0.15) is 5.21 Å². The number of tetrazole rings is 1. The number of H-pyrrole nitrogens is 1. The number of imidazole rings is 1. The fourth-order valence-corrected chi connectivity index (χ4v) is 5.39. The van der Waals surface area contributed by atoms with Gasteiger partial charge in [0.1, 0.15) is 17.0 Å². The number of fused-ring (bicyclic) bond motifs is 1. The van der Waals surface area contributed by atoms with Crippen LogP contribution in [0.15, 0.2) is 79.0 Å². The highest BCUT2D eigenvalue weighted by atomic mass is 16.7. The third kappa shape index (κ3) is 6.13. The molecule has 10 nitrogen and oxygen atoms in total. The predicted octanol–water partition coefficient (Wildman–Crippen LogP) is 6.80. The van der Waals surface area contributed by atoms with Gasteiger partial charge in [-0.1, -0.05) is 67.9 Å². The van der Waals surface area contributed by atoms with Gasteiger partial charge in [0, 0.05) is 37.0 Å². The minimum absolute atomic E-state index is 0.495. The summed E-state index contributed by atoms with van der Waals surface area (Å²) in [6.07, 6.45) is 4.14. The van der Waals surface area contributed by atoms with E-state index in [4.69, 9.17) is 19.4 Å². The summed E-state index contributed by atoms with van der Waals surface area (Å²) < 4.78 is 14.3. The molecule has 0 aliphatic rings. The number of hydrogen-bond acceptors (Lipinski definition) is 8. The number of nitrogens with zero attached hydrogens (tertiary/aromatic N) is 7. The fourth-order valence-electron chi connectivity index (χ4n) is 5.39. The number of benzene rings is 2. The molecule has 0 unspecified atom stereocenters. The molecular weight excluding hydrogens is 552 g/mol. The summed E-state index contributed by atoms with van der Waals surface area (Å²) in [5.41, 5.74) is 8.21. The molecule has 0 fully saturated rings. The van der Waals surface area contributed by atoms with Crippen molar-refractivity contribution in [3.63, 3.8) is 0 Å². The van der Waals surface area contributed by atoms with Gasteiger partial charge in [0.15, 0.2) is 5.65 Å². The van der Waals surface area contributed by atoms with E-state index >= 15 is 0 Å². The van der Waals surface area contributed by atoms with Gasteiger partial charge in [-0.05, 0) is 60.4 Å². The third-order valence-corrected chi connectivity index (χ3v) is 7.50. The predicted molar refractivity (Wildman–Crippen MR) is 170 cm³/mol. The molecule has 4 heterocycles. The summed E-state index contributed by atoms with van der Waals surface area (Å²) in [4.78, 5) is 14.9. The number of ether oxygens (including phenoxy) is 2. The number of aryl methyl sites for hydroxylation is 1. The number of hydrogen-bond donors (Lipinski definition) is 1. The monoisotopic (exact) mass is 588 g/mol. The molecule has 4 aromatic heterocycles. The van der Waals surface area contributed by atoms with Crippen LogP contribution in [0.1, 0.15) is 57.0 Å². The summed E-state index contributed by atoms with van der Waals surface area (Å²) in [6.45, 7) is 7.74. The quantitative estimate of drug-likeness (QED) is 0.146. The van der Waals surface area contributed by atoms with Gasteiger partial charge in [-0.15, -0.1) is 10.2 Å². The standard InChI is InChI=1S/C34H36N8O2/c1-4-7-15-30-36-29-21-27(28-14-10-11-20-35-28)31(34(43-5-2)44-6-3)37-33(29)42(30)22-23-16-18-24(19-17-23)25-12-8-9-13-26(25)32-38-40-41-39-32/h8-14,16-21,34H,4-7,15,22H2,1-3H3,(H,38,39,40,41). The Morgan fingerprint density at radius 2 is 1.61 bits per heavy atom. The molecule has 0 aliphatic heterocycles. The number of rotatable bonds is 13. The average molecular weight is 589 g/mol. The molecule has 10 heteroatoms. The molecule has 6 aromatic rings. The molecule has 0 spiro atoms. The molecule has 0 bridgehead atoms. The van der Waals surface area contributed by atoms with E-state index in [1.165, 1.54) is 0 Å². The Bertz CT molecular complexity index is 1800. The van der Waals surface area contributed by atoms with Crippen LogP contribution in [0.25, 0.3) is 44.9 Å². The van der Waals surface area contributed by atoms with Gasteiger partial charge in [0.25, 0.3) is 0 Å². The topological polar surface area (TPSA) is 117 Å². The second kappa shape index (κ2) is 13.7. The Labute approximate surface area is 256 Å². The summed E-state index contributed by atoms with van der Waals surface area (Å²) in [5.74, 6) is 1.58. The first-order valence-electron chi connectivity index (χ1n) is 15.2. The van der Waals surface area contributed by atoms with E-state index in [0.717, 1.165) is 69.8 Å². The normalized spacial score (nSPS) is 11.5. The summed E-state index contributed by atoms with van der Waals surface area (Å²) in [6, 6.07) is 24.6. The average Bonchev–Trinajstić information content (AvgIpc) is 3.72. The highest BCUT2D eigenvalue weighted by molar-refractivity contribution is 5.81. The number of pyridine rings is 2. The second-order valence-electron chi connectivity index (χ2n) is 10.4. The van der Waals surface area contributed by atoms with Gasteiger partial charge in [0.2, 0.25) is 12.1 Å². The van der Waals surface area contributed by atoms with E-state index in [1.54, 1.807) is 6.20 Å². The number of nitrogens with one attached hydrogen (secondary N) is 1. The largest absolute Gasteiger partial charge is 0.347 e. The molecule has 0 saturated carbocycles. The van der Waals surface area contributed by atoms with Crippen molar-refractivity contribution < 1.29 is 9.47 Å². The molecule has 0 radical (unpaired) electrons. The maximum absolute atomic E-state index is 6.04. The van der Waals surface area contributed by atoms with E-state index < -0.39 is 6.29 Å². The van der Waals surface area contributed by atoms with Gasteiger partial charge in [-0.3, -0.25) is 4.98 Å². The van der Waals surface area contributed by atoms with Gasteiger partial charge >= 0.3 is 0 Å². The number of unbranched alkanes of at least 4 members (excludes halogenated alkanes) is 1. The van der Waals surface area contributed by atoms with E-state index in [2.05, 4.69) is 73.5 Å². The van der Waals surface area contributed by atoms with Crippen molar-refractivity contribution in [1.82, 2.24) is 40.1 Å². The highest BCUT2D eigenvalue weighted by Gasteiger charge is 2.24. The van der Waals surface area contributed by atoms with Crippen molar-refractivity contribution in [2.45, 2.75) is 52.9 Å². The lowest BCUT2D eigenvalue weighted by molar-refractivity contribution is -0.142. The molecule has 224 valence electrons. The molecule has 1 N–H and O–H groups in total. The zero-order valence-corrected chi connectivity index (χ0v) is 25.3. The van der Waals surface area contributed by atoms with Crippen LogP contribution in [0.5, 0.6) is 0 Å². The fraction of sp³-hybridized carbons (Fsp3) is 0.294. The molecule has 2 aromatic carbocycles. The first-order chi connectivity index (χ1) is 21.7. The summed E-state index contributed by atoms with van der Waals surface area (Å²) in [5, 5.41) is 14.7. The Hall–Kier alpha value is -4.80. The first-order valence-corrected chi connectivity index (χ1v) is 15.2. The van der Waals surface area contributed by atoms with Crippen LogP contribution in [0, 0.1) is 0 Å². The maximum atomic E-state index is 6.04. The van der Waals surface area contributed by atoms with Crippen LogP contribution in [0.2, 0.25) is 0 Å². The van der Waals surface area contributed by atoms with E-state index in [-0.39, 0.29) is 0 Å². The number of aromatic amines is 1. The van der Waals surface area contributed by atoms with Crippen molar-refractivity contribution in [3.8, 4) is 33.8 Å². The minimum Gasteiger partial charge on any atom is -0.347 e. The molecule has 0 aliphatic carbocycles. The first kappa shape index (κ1) is 29.3. The van der Waals surface area contributed by atoms with Crippen molar-refractivity contribution in [2.75, 3.05) is 13.2 Å². The second-order valence-corrected chi connectivity index (χ2v) is 10.4. The molecule has 0 amide bonds. The van der Waals surface area contributed by atoms with E-state index in [0.29, 0.717) is 31.3 Å². The lowest BCUT2D eigenvalue weighted by Crippen LogP contribution is -2.13. The summed E-state index contributed by atoms with van der Waals surface area (Å²) >= 11 is 0. The zero-order valence-electron chi connectivity index (χ0n) is 25.3. The molecule has 6 rings (SSSR count). The Balaban J connectivity index is 1.41. The van der Waals surface area contributed by atoms with Crippen LogP contribution in [-0.4, -0.2) is 53.4 Å². The molecule has 0 saturated heterocycles. The zero-order chi connectivity index (χ0) is 30.3. The Kier molecular flexibility index (Phi) is 9.09. The van der Waals surface area contributed by atoms with Crippen molar-refractivity contribution >= 4 is 11.2 Å².